The third-order valence-corrected chi connectivity index (χ3v) is 1.13. The summed E-state index contributed by atoms with van der Waals surface area (Å²) in [6, 6.07) is 0. The van der Waals surface area contributed by atoms with E-state index < -0.39 is 0 Å². The van der Waals surface area contributed by atoms with Crippen molar-refractivity contribution in [1.82, 2.24) is 5.32 Å². The zero-order valence-corrected chi connectivity index (χ0v) is 4.85. The Morgan fingerprint density at radius 1 is 1.62 bits per heavy atom. The van der Waals surface area contributed by atoms with Crippen molar-refractivity contribution >= 4 is 5.84 Å². The fraction of sp³-hybridized carbons (Fsp3) is 0.800. The molecule has 0 radical (unpaired) electrons. The van der Waals surface area contributed by atoms with Crippen LogP contribution in [-0.2, 0) is 0 Å². The topological polar surface area (TPSA) is 50.4 Å². The summed E-state index contributed by atoms with van der Waals surface area (Å²) >= 11 is 0. The Morgan fingerprint density at radius 3 is 3.38 bits per heavy atom. The van der Waals surface area contributed by atoms with Gasteiger partial charge >= 0.3 is 0 Å². The molecule has 1 aliphatic heterocycles. The molecule has 1 rings (SSSR count). The summed E-state index contributed by atoms with van der Waals surface area (Å²) in [6.45, 7) is 2.70. The average Bonchev–Trinajstić information content (AvgIpc) is 1.94. The molecule has 46 valence electrons. The molecule has 0 atom stereocenters. The maximum atomic E-state index is 5.42. The van der Waals surface area contributed by atoms with Crippen LogP contribution in [-0.4, -0.2) is 25.5 Å². The van der Waals surface area contributed by atoms with Gasteiger partial charge in [-0.25, -0.2) is 0 Å². The number of hydrogen-bond donors (Lipinski definition) is 2. The van der Waals surface area contributed by atoms with Gasteiger partial charge < -0.3 is 11.1 Å². The summed E-state index contributed by atoms with van der Waals surface area (Å²) in [4.78, 5) is 4.06. The molecule has 0 fully saturated rings. The minimum Gasteiger partial charge on any atom is -0.386 e. The average molecular weight is 113 g/mol. The molecule has 0 unspecified atom stereocenters. The fourth-order valence-corrected chi connectivity index (χ4v) is 0.699. The second-order valence-corrected chi connectivity index (χ2v) is 1.90. The monoisotopic (exact) mass is 113 g/mol. The van der Waals surface area contributed by atoms with Gasteiger partial charge in [-0.15, -0.1) is 0 Å². The van der Waals surface area contributed by atoms with Crippen molar-refractivity contribution in [2.45, 2.75) is 6.42 Å². The molecule has 0 spiro atoms. The fourth-order valence-electron chi connectivity index (χ4n) is 0.699. The first-order valence-electron chi connectivity index (χ1n) is 2.89. The number of nitrogens with one attached hydrogen (secondary N) is 1. The van der Waals surface area contributed by atoms with Crippen molar-refractivity contribution in [2.75, 3.05) is 19.6 Å². The molecule has 0 saturated heterocycles. The molecule has 8 heavy (non-hydrogen) atoms. The molecule has 3 nitrogen and oxygen atoms in total. The Morgan fingerprint density at radius 2 is 2.50 bits per heavy atom. The smallest absolute Gasteiger partial charge is 0.108 e. The Labute approximate surface area is 49.0 Å². The van der Waals surface area contributed by atoms with Gasteiger partial charge in [-0.2, -0.15) is 0 Å². The molecule has 0 aromatic heterocycles. The van der Waals surface area contributed by atoms with Crippen LogP contribution in [0.4, 0.5) is 0 Å². The Kier molecular flexibility index (Phi) is 1.86. The third kappa shape index (κ3) is 1.50. The summed E-state index contributed by atoms with van der Waals surface area (Å²) in [5, 5.41) is 3.14. The van der Waals surface area contributed by atoms with Crippen molar-refractivity contribution in [3.8, 4) is 0 Å². The summed E-state index contributed by atoms with van der Waals surface area (Å²) in [6.07, 6.45) is 1.11. The highest BCUT2D eigenvalue weighted by Crippen LogP contribution is 1.83. The number of nitrogens with two attached hydrogens (primary N) is 1. The lowest BCUT2D eigenvalue weighted by molar-refractivity contribution is 0.734. The van der Waals surface area contributed by atoms with Crippen molar-refractivity contribution in [3.05, 3.63) is 0 Å². The normalized spacial score (nSPS) is 21.8. The van der Waals surface area contributed by atoms with E-state index in [0.29, 0.717) is 0 Å². The van der Waals surface area contributed by atoms with Crippen LogP contribution in [0.15, 0.2) is 4.99 Å². The second-order valence-electron chi connectivity index (χ2n) is 1.90. The molecule has 0 aliphatic carbocycles. The highest BCUT2D eigenvalue weighted by molar-refractivity contribution is 5.82. The van der Waals surface area contributed by atoms with Crippen LogP contribution in [0.2, 0.25) is 0 Å². The zero-order chi connectivity index (χ0) is 5.82. The predicted octanol–water partition coefficient (Wildman–Crippen LogP) is -0.663. The molecule has 0 aromatic carbocycles. The molecule has 0 saturated carbocycles. The Bertz CT molecular complexity index is 97.8. The van der Waals surface area contributed by atoms with Crippen LogP contribution in [0.3, 0.4) is 0 Å². The van der Waals surface area contributed by atoms with Crippen LogP contribution in [0.1, 0.15) is 6.42 Å². The van der Waals surface area contributed by atoms with Crippen LogP contribution in [0, 0.1) is 0 Å². The Hall–Kier alpha value is -0.570. The minimum absolute atomic E-state index is 0.738. The predicted molar refractivity (Wildman–Crippen MR) is 34.0 cm³/mol. The number of hydrogen-bond acceptors (Lipinski definition) is 3. The number of amidine groups is 1. The highest BCUT2D eigenvalue weighted by Gasteiger charge is 1.95. The molecule has 0 bridgehead atoms. The molecule has 1 heterocycles. The molecule has 0 aromatic rings. The van der Waals surface area contributed by atoms with Gasteiger partial charge in [0.25, 0.3) is 0 Å². The lowest BCUT2D eigenvalue weighted by atomic mass is 10.4. The second kappa shape index (κ2) is 2.67. The van der Waals surface area contributed by atoms with Gasteiger partial charge in [-0.3, -0.25) is 4.99 Å². The third-order valence-electron chi connectivity index (χ3n) is 1.13. The Balaban J connectivity index is 2.36. The molecular weight excluding hydrogens is 102 g/mol. The van der Waals surface area contributed by atoms with Crippen molar-refractivity contribution in [2.24, 2.45) is 10.7 Å². The van der Waals surface area contributed by atoms with Crippen LogP contribution < -0.4 is 11.1 Å². The molecule has 3 N–H and O–H groups in total. The van der Waals surface area contributed by atoms with Crippen molar-refractivity contribution in [1.29, 1.82) is 0 Å². The molecule has 0 amide bonds. The summed E-state index contributed by atoms with van der Waals surface area (Å²) < 4.78 is 0. The van der Waals surface area contributed by atoms with E-state index >= 15 is 0 Å². The van der Waals surface area contributed by atoms with Crippen molar-refractivity contribution < 1.29 is 0 Å². The largest absolute Gasteiger partial charge is 0.386 e. The van der Waals surface area contributed by atoms with E-state index in [2.05, 4.69) is 10.3 Å². The van der Waals surface area contributed by atoms with Gasteiger partial charge in [0.1, 0.15) is 5.84 Å². The summed E-state index contributed by atoms with van der Waals surface area (Å²) in [7, 11) is 0. The first-order chi connectivity index (χ1) is 3.89. The van der Waals surface area contributed by atoms with Crippen LogP contribution in [0.25, 0.3) is 0 Å². The standard InChI is InChI=1S/C5H11N3/c6-5-4-7-2-1-3-8-5/h7H,1-4H2,(H2,6,8). The summed E-state index contributed by atoms with van der Waals surface area (Å²) in [5.74, 6) is 0.738. The molecule has 1 aliphatic rings. The lowest BCUT2D eigenvalue weighted by Crippen LogP contribution is -2.27. The maximum absolute atomic E-state index is 5.42. The van der Waals surface area contributed by atoms with E-state index in [0.717, 1.165) is 31.9 Å². The van der Waals surface area contributed by atoms with Crippen LogP contribution >= 0.6 is 0 Å². The van der Waals surface area contributed by atoms with Gasteiger partial charge in [0.2, 0.25) is 0 Å². The summed E-state index contributed by atoms with van der Waals surface area (Å²) in [5.41, 5.74) is 5.42. The van der Waals surface area contributed by atoms with Gasteiger partial charge in [-0.05, 0) is 13.0 Å². The van der Waals surface area contributed by atoms with Gasteiger partial charge in [0, 0.05) is 6.54 Å². The number of rotatable bonds is 0. The van der Waals surface area contributed by atoms with E-state index in [4.69, 9.17) is 5.73 Å². The van der Waals surface area contributed by atoms with Crippen molar-refractivity contribution in [3.63, 3.8) is 0 Å². The first kappa shape index (κ1) is 5.56. The minimum atomic E-state index is 0.738. The lowest BCUT2D eigenvalue weighted by Gasteiger charge is -1.94. The van der Waals surface area contributed by atoms with E-state index in [9.17, 15) is 0 Å². The number of nitrogens with zero attached hydrogens (tertiary/aromatic N) is 1. The van der Waals surface area contributed by atoms with E-state index in [1.807, 2.05) is 0 Å². The first-order valence-corrected chi connectivity index (χ1v) is 2.89. The van der Waals surface area contributed by atoms with E-state index in [1.54, 1.807) is 0 Å². The van der Waals surface area contributed by atoms with Gasteiger partial charge in [0.15, 0.2) is 0 Å². The molecular formula is C5H11N3. The van der Waals surface area contributed by atoms with E-state index in [1.165, 1.54) is 0 Å². The molecule has 3 heteroatoms. The van der Waals surface area contributed by atoms with Gasteiger partial charge in [0.05, 0.1) is 6.54 Å². The maximum Gasteiger partial charge on any atom is 0.108 e. The number of aliphatic imine (C=N–C) groups is 1. The van der Waals surface area contributed by atoms with Crippen LogP contribution in [0.5, 0.6) is 0 Å². The van der Waals surface area contributed by atoms with E-state index in [-0.39, 0.29) is 0 Å². The SMILES string of the molecule is NC1=NCCCNC1. The zero-order valence-electron chi connectivity index (χ0n) is 4.85. The van der Waals surface area contributed by atoms with Gasteiger partial charge in [-0.1, -0.05) is 0 Å². The highest BCUT2D eigenvalue weighted by atomic mass is 15.0. The quantitative estimate of drug-likeness (QED) is 0.438.